The maximum Gasteiger partial charge on any atom is 0.303 e. The Balaban J connectivity index is 1.49. The summed E-state index contributed by atoms with van der Waals surface area (Å²) in [5.41, 5.74) is -5.82. The highest BCUT2D eigenvalue weighted by Gasteiger charge is 2.90. The lowest BCUT2D eigenvalue weighted by Crippen LogP contribution is -2.76. The summed E-state index contributed by atoms with van der Waals surface area (Å²) in [5.74, 6) is -5.13. The number of carbonyl (C=O) groups is 2. The second-order valence-electron chi connectivity index (χ2n) is 13.6. The number of aliphatic hydroxyl groups is 3. The molecule has 6 rings (SSSR count). The Kier molecular flexibility index (Phi) is 7.18. The van der Waals surface area contributed by atoms with Crippen LogP contribution < -0.4 is 0 Å². The van der Waals surface area contributed by atoms with Crippen molar-refractivity contribution in [3.05, 3.63) is 23.8 Å². The molecular weight excluding hydrogens is 544 g/mol. The van der Waals surface area contributed by atoms with Crippen LogP contribution in [0, 0.1) is 17.8 Å². The summed E-state index contributed by atoms with van der Waals surface area (Å²) < 4.78 is 32.8. The Labute approximate surface area is 247 Å². The number of rotatable bonds is 11. The van der Waals surface area contributed by atoms with Crippen LogP contribution >= 0.6 is 0 Å². The van der Waals surface area contributed by atoms with Gasteiger partial charge in [-0.2, -0.15) is 0 Å². The second-order valence-corrected chi connectivity index (χ2v) is 13.6. The van der Waals surface area contributed by atoms with Gasteiger partial charge in [0.25, 0.3) is 5.97 Å². The van der Waals surface area contributed by atoms with E-state index in [4.69, 9.17) is 23.7 Å². The Morgan fingerprint density at radius 3 is 2.36 bits per heavy atom. The van der Waals surface area contributed by atoms with Gasteiger partial charge in [0.2, 0.25) is 0 Å². The average Bonchev–Trinajstić information content (AvgIpc) is 3.57. The number of carbonyl (C=O) groups excluding carboxylic acids is 2. The molecular formula is C32H46O10. The van der Waals surface area contributed by atoms with Crippen molar-refractivity contribution in [3.8, 4) is 0 Å². The number of aliphatic hydroxyl groups excluding tert-OH is 2. The maximum absolute atomic E-state index is 13.7. The first-order chi connectivity index (χ1) is 19.8. The number of ether oxygens (including phenoxy) is 5. The van der Waals surface area contributed by atoms with Crippen LogP contribution in [0.3, 0.4) is 0 Å². The van der Waals surface area contributed by atoms with Gasteiger partial charge in [-0.1, -0.05) is 65.0 Å². The lowest BCUT2D eigenvalue weighted by atomic mass is 9.53. The first-order valence-corrected chi connectivity index (χ1v) is 15.7. The number of Topliss-reactive ketones (excluding diaryl/α,β-unsaturated/α-hetero) is 1. The smallest absolute Gasteiger partial charge is 0.303 e. The standard InChI is InChI=1S/C32H46O10/c1-7-8-9-10-11-12-13-14-29-40-26-22-25-28(16-33,39-25)27(36)30(37)21(15-18(4)23(30)35)32(22,42-29)19(5)24(38-20(6)34)31(26,41-29)17(2)3/h15,19,21-22,24-27,33,36-37H,2,7-14,16H2,1,3-6H3/t19-,21-,22+,24-,25+,26-,27-,28+,29-,30-,31+,32+/m1/s1. The molecule has 12 atom stereocenters. The first kappa shape index (κ1) is 30.4. The van der Waals surface area contributed by atoms with Crippen molar-refractivity contribution in [1.82, 2.24) is 0 Å². The van der Waals surface area contributed by atoms with Gasteiger partial charge in [0.15, 0.2) is 17.0 Å². The van der Waals surface area contributed by atoms with Crippen LogP contribution in [-0.4, -0.2) is 86.5 Å². The zero-order valence-electron chi connectivity index (χ0n) is 25.4. The molecule has 5 fully saturated rings. The van der Waals surface area contributed by atoms with Crippen LogP contribution in [0.5, 0.6) is 0 Å². The van der Waals surface area contributed by atoms with Crippen LogP contribution in [0.4, 0.5) is 0 Å². The van der Waals surface area contributed by atoms with E-state index in [-0.39, 0.29) is 5.57 Å². The molecule has 0 aromatic heterocycles. The van der Waals surface area contributed by atoms with Crippen molar-refractivity contribution >= 4 is 11.8 Å². The van der Waals surface area contributed by atoms with Gasteiger partial charge < -0.3 is 39.0 Å². The third-order valence-corrected chi connectivity index (χ3v) is 11.2. The highest BCUT2D eigenvalue weighted by Crippen LogP contribution is 2.73. The number of epoxide rings is 1. The number of hydrogen-bond acceptors (Lipinski definition) is 10. The van der Waals surface area contributed by atoms with E-state index in [9.17, 15) is 24.9 Å². The van der Waals surface area contributed by atoms with Gasteiger partial charge in [0, 0.05) is 31.1 Å². The molecule has 3 saturated heterocycles. The topological polar surface area (TPSA) is 144 Å². The number of ketones is 1. The van der Waals surface area contributed by atoms with Crippen LogP contribution in [0.2, 0.25) is 0 Å². The van der Waals surface area contributed by atoms with E-state index in [0.717, 1.165) is 25.7 Å². The molecule has 0 spiro atoms. The molecule has 0 aromatic carbocycles. The van der Waals surface area contributed by atoms with E-state index in [2.05, 4.69) is 13.5 Å². The summed E-state index contributed by atoms with van der Waals surface area (Å²) in [6.07, 6.45) is 5.20. The van der Waals surface area contributed by atoms with E-state index < -0.39 is 88.9 Å². The Bertz CT molecular complexity index is 1200. The zero-order valence-corrected chi connectivity index (χ0v) is 25.4. The SMILES string of the molecule is C=C(C)[C@@]12O[C@@]3(CCCCCCCCC)O[C@@H]1[C@@H]1[C@@H]4O[C@]4(CO)[C@@H](O)[C@]4(O)C(=O)C(C)=C[C@H]4[C@@]1(O3)[C@H](C)[C@H]2OC(C)=O. The molecule has 3 bridgehead atoms. The molecule has 0 radical (unpaired) electrons. The largest absolute Gasteiger partial charge is 0.459 e. The van der Waals surface area contributed by atoms with E-state index in [0.29, 0.717) is 12.0 Å². The fraction of sp³-hybridized carbons (Fsp3) is 0.812. The molecule has 3 aliphatic carbocycles. The van der Waals surface area contributed by atoms with Gasteiger partial charge in [0.1, 0.15) is 30.0 Å². The van der Waals surface area contributed by atoms with Gasteiger partial charge >= 0.3 is 5.97 Å². The summed E-state index contributed by atoms with van der Waals surface area (Å²) in [7, 11) is 0. The summed E-state index contributed by atoms with van der Waals surface area (Å²) in [4.78, 5) is 26.2. The third-order valence-electron chi connectivity index (χ3n) is 11.2. The monoisotopic (exact) mass is 590 g/mol. The van der Waals surface area contributed by atoms with Crippen molar-refractivity contribution in [1.29, 1.82) is 0 Å². The molecule has 3 heterocycles. The molecule has 234 valence electrons. The number of unbranched alkanes of at least 4 members (excludes halogenated alkanes) is 6. The van der Waals surface area contributed by atoms with Gasteiger partial charge in [-0.25, -0.2) is 0 Å². The fourth-order valence-electron chi connectivity index (χ4n) is 9.22. The Morgan fingerprint density at radius 1 is 1.07 bits per heavy atom. The number of esters is 1. The Hall–Kier alpha value is -1.66. The molecule has 0 unspecified atom stereocenters. The molecule has 10 nitrogen and oxygen atoms in total. The summed E-state index contributed by atoms with van der Waals surface area (Å²) in [5, 5.41) is 34.5. The minimum absolute atomic E-state index is 0.277. The normalized spacial score (nSPS) is 49.6. The minimum Gasteiger partial charge on any atom is -0.459 e. The first-order valence-electron chi connectivity index (χ1n) is 15.7. The lowest BCUT2D eigenvalue weighted by Gasteiger charge is -2.61. The lowest BCUT2D eigenvalue weighted by molar-refractivity contribution is -0.431. The van der Waals surface area contributed by atoms with Gasteiger partial charge in [-0.15, -0.1) is 0 Å². The van der Waals surface area contributed by atoms with Crippen molar-refractivity contribution in [2.45, 2.75) is 139 Å². The highest BCUT2D eigenvalue weighted by atomic mass is 16.9. The molecule has 3 N–H and O–H groups in total. The van der Waals surface area contributed by atoms with E-state index in [1.807, 2.05) is 6.92 Å². The summed E-state index contributed by atoms with van der Waals surface area (Å²) in [6, 6.07) is 0. The van der Waals surface area contributed by atoms with E-state index >= 15 is 0 Å². The van der Waals surface area contributed by atoms with Crippen molar-refractivity contribution in [2.75, 3.05) is 6.61 Å². The van der Waals surface area contributed by atoms with Crippen LogP contribution in [0.1, 0.15) is 86.0 Å². The Morgan fingerprint density at radius 2 is 1.74 bits per heavy atom. The van der Waals surface area contributed by atoms with Crippen LogP contribution in [-0.2, 0) is 33.3 Å². The second kappa shape index (κ2) is 9.92. The molecule has 42 heavy (non-hydrogen) atoms. The fourth-order valence-corrected chi connectivity index (χ4v) is 9.22. The van der Waals surface area contributed by atoms with Crippen molar-refractivity contribution in [2.24, 2.45) is 17.8 Å². The maximum atomic E-state index is 13.7. The summed E-state index contributed by atoms with van der Waals surface area (Å²) in [6.45, 7) is 12.4. The van der Waals surface area contributed by atoms with E-state index in [1.165, 1.54) is 26.2 Å². The number of fused-ring (bicyclic) bond motifs is 3. The number of hydrogen-bond donors (Lipinski definition) is 3. The molecule has 10 heteroatoms. The van der Waals surface area contributed by atoms with Crippen molar-refractivity contribution in [3.63, 3.8) is 0 Å². The van der Waals surface area contributed by atoms with Gasteiger partial charge in [-0.3, -0.25) is 9.59 Å². The average molecular weight is 591 g/mol. The minimum atomic E-state index is -2.34. The van der Waals surface area contributed by atoms with Gasteiger partial charge in [0.05, 0.1) is 12.2 Å². The van der Waals surface area contributed by atoms with Crippen LogP contribution in [0.15, 0.2) is 23.8 Å². The molecule has 2 saturated carbocycles. The molecule has 0 aromatic rings. The predicted molar refractivity (Wildman–Crippen MR) is 149 cm³/mol. The predicted octanol–water partition coefficient (Wildman–Crippen LogP) is 2.86. The molecule has 3 aliphatic heterocycles. The summed E-state index contributed by atoms with van der Waals surface area (Å²) >= 11 is 0. The van der Waals surface area contributed by atoms with Crippen LogP contribution in [0.25, 0.3) is 0 Å². The zero-order chi connectivity index (χ0) is 30.5. The van der Waals surface area contributed by atoms with E-state index in [1.54, 1.807) is 19.9 Å². The van der Waals surface area contributed by atoms with Gasteiger partial charge in [-0.05, 0) is 31.4 Å². The quantitative estimate of drug-likeness (QED) is 0.142. The third kappa shape index (κ3) is 3.63. The molecule has 0 amide bonds. The molecule has 6 aliphatic rings. The highest BCUT2D eigenvalue weighted by molar-refractivity contribution is 6.05. The van der Waals surface area contributed by atoms with Crippen molar-refractivity contribution < 1.29 is 48.6 Å².